The number of sulfonamides is 1. The molecule has 3 aliphatic rings. The van der Waals surface area contributed by atoms with Crippen molar-refractivity contribution in [3.63, 3.8) is 0 Å². The Balaban J connectivity index is 0.000000162. The SMILES string of the molecule is C=Cc1nc([C@@H](C(C)C)N(CCCN)C(=O)c2ccc(C)cc2)n(Cc2ccccc2)c(=O)c1C=C.CC(C)(O)Cn1c(CCCCNS(C)(=O)=O)nc2c(N)nc3ccccc3c21.CC(C)Cn1cnc2c(N)nc3ccccc3c21.CN(C)CCN1C(=O)c2cccc3cc(N)cc(c23)C1=O.CNNCc1ccc(C(=O)NC(C)C)cc1.Nc1cccc2c1CN(C1CCC(=O)NC1=O)C2=O. The molecule has 0 spiro atoms. The number of nitrogens with two attached hydrogens (primary N) is 5. The van der Waals surface area contributed by atoms with Gasteiger partial charge in [-0.2, -0.15) is 0 Å². The molecule has 5 aromatic heterocycles. The quantitative estimate of drug-likeness (QED) is 0.00862. The summed E-state index contributed by atoms with van der Waals surface area (Å²) < 4.78 is 30.7. The number of rotatable bonds is 30. The maximum Gasteiger partial charge on any atom is 0.261 e. The Bertz CT molecular complexity index is 6790. The number of pyridine rings is 2. The van der Waals surface area contributed by atoms with Gasteiger partial charge in [-0.25, -0.2) is 38.1 Å². The van der Waals surface area contributed by atoms with Gasteiger partial charge < -0.3 is 62.9 Å². The molecule has 138 heavy (non-hydrogen) atoms. The van der Waals surface area contributed by atoms with E-state index in [4.69, 9.17) is 38.6 Å². The van der Waals surface area contributed by atoms with Crippen LogP contribution in [-0.4, -0.2) is 191 Å². The fraction of sp³-hybridized carbons (Fsp3) is 0.337. The molecule has 1 saturated heterocycles. The van der Waals surface area contributed by atoms with Crippen molar-refractivity contribution in [2.45, 2.75) is 157 Å². The second-order valence-corrected chi connectivity index (χ2v) is 38.1. The van der Waals surface area contributed by atoms with Crippen LogP contribution in [0.1, 0.15) is 190 Å². The number of imidazole rings is 2. The monoisotopic (exact) mass is 1890 g/mol. The number of anilines is 4. The number of aryl methyl sites for hydroxylation is 2. The normalized spacial score (nSPS) is 13.7. The number of hydrogen-bond donors (Lipinski definition) is 11. The third kappa shape index (κ3) is 26.1. The summed E-state index contributed by atoms with van der Waals surface area (Å²) in [5, 5.41) is 19.2. The molecule has 0 radical (unpaired) electrons. The molecular formula is C104H128N22O11S. The lowest BCUT2D eigenvalue weighted by atomic mass is 9.93. The molecule has 13 aromatic rings. The van der Waals surface area contributed by atoms with Crippen LogP contribution >= 0.6 is 0 Å². The van der Waals surface area contributed by atoms with Gasteiger partial charge in [0.1, 0.15) is 28.7 Å². The zero-order valence-corrected chi connectivity index (χ0v) is 81.6. The van der Waals surface area contributed by atoms with Gasteiger partial charge in [-0.05, 0) is 189 Å². The standard InChI is InChI=1S/C30H36N4O2.C19H27N5O3S.C16H17N3O2.C14H16N4.C13H13N3O3.C12H19N3O/c1-6-25-26(7-2)32-28(34(30(25)36)20-23-12-9-8-10-13-23)27(21(3)4)33(19-11-18-31)29(35)24-16-14-22(5)15-17-24;1-19(2,25)12-24-15(10-6-7-11-21-28(3,26)27)23-16-17(24)13-8-4-5-9-14(13)22-18(16)20;1-18(2)6-7-19-15(20)12-5-3-4-10-8-11(17)9-13(14(10)12)16(19)21;1-9(2)7-18-8-16-12-13(18)10-5-3-4-6-11(10)17-14(12)15;14-9-3-1-2-7-8(9)6-16(13(7)19)10-4-5-11(17)15-12(10)18;1-9(2)15-12(16)11-6-4-10(5-7-11)8-14-13-3/h6-10,12-17,21,27H,1-2,11,18-20,31H2,3-5H3;4-5,8-9,21,25H,6-7,10-12H2,1-3H3,(H2,20,22);3-5,8-9H,6-7,17H2,1-2H3;3-6,8-9H,7H2,1-2H3,(H2,15,17);1-3,10H,4-6,14H2,(H,15,17,18);4-7,9,13-14H,8H2,1-3H3,(H,15,16)/t27-;;;;;/m1...../s1. The molecule has 0 bridgehead atoms. The van der Waals surface area contributed by atoms with E-state index in [2.05, 4.69) is 78.8 Å². The number of benzene rings is 8. The van der Waals surface area contributed by atoms with Crippen molar-refractivity contribution >= 4 is 141 Å². The minimum Gasteiger partial charge on any atom is -0.399 e. The lowest BCUT2D eigenvalue weighted by Crippen LogP contribution is -2.52. The minimum atomic E-state index is -3.18. The van der Waals surface area contributed by atoms with Gasteiger partial charge in [-0.3, -0.25) is 64.0 Å². The minimum absolute atomic E-state index is 0.0249. The number of carbonyl (C=O) groups is 7. The second kappa shape index (κ2) is 47.0. The molecule has 34 heteroatoms. The van der Waals surface area contributed by atoms with E-state index in [0.717, 1.165) is 97.6 Å². The van der Waals surface area contributed by atoms with E-state index in [1.807, 2.05) is 210 Å². The largest absolute Gasteiger partial charge is 0.399 e. The van der Waals surface area contributed by atoms with Crippen molar-refractivity contribution in [2.75, 3.05) is 83.1 Å². The van der Waals surface area contributed by atoms with Crippen LogP contribution in [-0.2, 0) is 58.8 Å². The molecule has 8 heterocycles. The number of hydrazine groups is 1. The Morgan fingerprint density at radius 1 is 0.688 bits per heavy atom. The highest BCUT2D eigenvalue weighted by atomic mass is 32.2. The molecule has 3 aliphatic heterocycles. The van der Waals surface area contributed by atoms with Gasteiger partial charge in [0.15, 0.2) is 11.6 Å². The number of hydrogen-bond acceptors (Lipinski definition) is 24. The first kappa shape index (κ1) is 104. The molecule has 16 rings (SSSR count). The summed E-state index contributed by atoms with van der Waals surface area (Å²) in [5.41, 5.74) is 48.3. The highest BCUT2D eigenvalue weighted by Gasteiger charge is 2.41. The van der Waals surface area contributed by atoms with Gasteiger partial charge in [0.25, 0.3) is 35.1 Å². The second-order valence-electron chi connectivity index (χ2n) is 36.3. The molecule has 16 N–H and O–H groups in total. The van der Waals surface area contributed by atoms with Crippen molar-refractivity contribution in [3.05, 3.63) is 279 Å². The van der Waals surface area contributed by atoms with Crippen molar-refractivity contribution in [3.8, 4) is 0 Å². The first-order chi connectivity index (χ1) is 65.7. The van der Waals surface area contributed by atoms with Gasteiger partial charge in [-0.15, -0.1) is 0 Å². The molecule has 0 saturated carbocycles. The summed E-state index contributed by atoms with van der Waals surface area (Å²) in [5.74, 6) is 1.21. The average Bonchev–Trinajstić information content (AvgIpc) is 1.02. The van der Waals surface area contributed by atoms with Crippen molar-refractivity contribution in [2.24, 2.45) is 17.6 Å². The van der Waals surface area contributed by atoms with Gasteiger partial charge in [0.05, 0.1) is 76.2 Å². The van der Waals surface area contributed by atoms with Crippen LogP contribution in [0.25, 0.3) is 66.8 Å². The molecule has 726 valence electrons. The predicted octanol–water partition coefficient (Wildman–Crippen LogP) is 12.4. The van der Waals surface area contributed by atoms with Crippen molar-refractivity contribution in [1.29, 1.82) is 0 Å². The number of unbranched alkanes of at least 4 members (excludes halogenated alkanes) is 1. The van der Waals surface area contributed by atoms with Gasteiger partial charge >= 0.3 is 0 Å². The number of piperidine rings is 1. The lowest BCUT2D eigenvalue weighted by Gasteiger charge is -2.36. The van der Waals surface area contributed by atoms with Crippen molar-refractivity contribution in [1.82, 2.24) is 84.4 Å². The van der Waals surface area contributed by atoms with Crippen molar-refractivity contribution < 1.29 is 47.1 Å². The van der Waals surface area contributed by atoms with Crippen LogP contribution in [0.4, 0.5) is 23.0 Å². The van der Waals surface area contributed by atoms with Crippen LogP contribution in [0.3, 0.4) is 0 Å². The fourth-order valence-corrected chi connectivity index (χ4v) is 17.2. The van der Waals surface area contributed by atoms with Crippen LogP contribution < -0.4 is 60.4 Å². The Morgan fingerprint density at radius 2 is 1.32 bits per heavy atom. The number of nitrogens with zero attached hydrogens (tertiary/aromatic N) is 12. The van der Waals surface area contributed by atoms with E-state index in [-0.39, 0.29) is 59.4 Å². The molecule has 8 aromatic carbocycles. The summed E-state index contributed by atoms with van der Waals surface area (Å²) in [6.45, 7) is 30.5. The maximum atomic E-state index is 13.8. The zero-order valence-electron chi connectivity index (χ0n) is 80.8. The number of imide groups is 2. The summed E-state index contributed by atoms with van der Waals surface area (Å²) in [6.07, 6.45) is 9.43. The summed E-state index contributed by atoms with van der Waals surface area (Å²) >= 11 is 0. The Kier molecular flexibility index (Phi) is 35.5. The Hall–Kier alpha value is -14.3. The summed E-state index contributed by atoms with van der Waals surface area (Å²) in [6, 6.07) is 53.8. The number of nitrogens with one attached hydrogen (secondary N) is 5. The summed E-state index contributed by atoms with van der Waals surface area (Å²) in [4.78, 5) is 129. The molecular weight excluding hydrogens is 1770 g/mol. The Morgan fingerprint density at radius 3 is 1.92 bits per heavy atom. The zero-order chi connectivity index (χ0) is 100. The van der Waals surface area contributed by atoms with E-state index in [1.165, 1.54) is 15.9 Å². The number of nitrogen functional groups attached to an aromatic ring is 4. The average molecular weight is 1890 g/mol. The van der Waals surface area contributed by atoms with E-state index in [1.54, 1.807) is 60.9 Å². The van der Waals surface area contributed by atoms with E-state index < -0.39 is 33.6 Å². The highest BCUT2D eigenvalue weighted by Crippen LogP contribution is 2.37. The van der Waals surface area contributed by atoms with Crippen LogP contribution in [0.5, 0.6) is 0 Å². The molecule has 7 amide bonds. The lowest BCUT2D eigenvalue weighted by molar-refractivity contribution is -0.137. The van der Waals surface area contributed by atoms with Crippen LogP contribution in [0, 0.1) is 18.8 Å². The number of aliphatic hydroxyl groups is 1. The smallest absolute Gasteiger partial charge is 0.261 e. The topological polar surface area (TPSA) is 473 Å². The molecule has 2 atom stereocenters. The Labute approximate surface area is 804 Å². The number of amides is 7. The number of likely N-dealkylation sites (N-methyl/N-ethyl adjacent to an activating group) is 1. The molecule has 1 unspecified atom stereocenters. The van der Waals surface area contributed by atoms with Crippen LogP contribution in [0.2, 0.25) is 0 Å². The predicted molar refractivity (Wildman–Crippen MR) is 548 cm³/mol. The third-order valence-corrected chi connectivity index (χ3v) is 23.9. The summed E-state index contributed by atoms with van der Waals surface area (Å²) in [7, 11) is 2.46. The van der Waals surface area contributed by atoms with Gasteiger partial charge in [0, 0.05) is 120 Å². The van der Waals surface area contributed by atoms with E-state index >= 15 is 0 Å². The first-order valence-electron chi connectivity index (χ1n) is 46.1. The van der Waals surface area contributed by atoms with E-state index in [0.29, 0.717) is 163 Å². The number of fused-ring (bicyclic) bond motifs is 7. The number of para-hydroxylation sites is 2. The highest BCUT2D eigenvalue weighted by molar-refractivity contribution is 7.88. The molecule has 0 aliphatic carbocycles. The third-order valence-electron chi connectivity index (χ3n) is 23.2. The van der Waals surface area contributed by atoms with E-state index in [9.17, 15) is 51.9 Å². The molecule has 33 nitrogen and oxygen atoms in total. The fourth-order valence-electron chi connectivity index (χ4n) is 16.6. The van der Waals surface area contributed by atoms with Gasteiger partial charge in [-0.1, -0.05) is 162 Å². The number of carbonyl (C=O) groups excluding carboxylic acids is 7. The van der Waals surface area contributed by atoms with Gasteiger partial charge in [0.2, 0.25) is 21.8 Å². The first-order valence-corrected chi connectivity index (χ1v) is 48.0. The number of aromatic nitrogens is 8. The van der Waals surface area contributed by atoms with Crippen LogP contribution in [0.15, 0.2) is 200 Å². The molecule has 1 fully saturated rings. The maximum absolute atomic E-state index is 13.8.